The second-order valence-electron chi connectivity index (χ2n) is 7.15. The number of anilines is 1. The fraction of sp³-hybridized carbons (Fsp3) is 0.304. The number of hydrogen-bond acceptors (Lipinski definition) is 2. The van der Waals surface area contributed by atoms with Gasteiger partial charge in [-0.05, 0) is 91.3 Å². The first kappa shape index (κ1) is 17.9. The zero-order chi connectivity index (χ0) is 18.0. The Kier molecular flexibility index (Phi) is 5.39. The summed E-state index contributed by atoms with van der Waals surface area (Å²) in [5.74, 6) is 0. The molecule has 0 amide bonds. The van der Waals surface area contributed by atoms with E-state index in [2.05, 4.69) is 63.1 Å². The Labute approximate surface area is 156 Å². The summed E-state index contributed by atoms with van der Waals surface area (Å²) in [7, 11) is 0. The van der Waals surface area contributed by atoms with E-state index in [4.69, 9.17) is 5.73 Å². The third-order valence-corrected chi connectivity index (χ3v) is 6.06. The molecule has 0 saturated heterocycles. The summed E-state index contributed by atoms with van der Waals surface area (Å²) in [6.07, 6.45) is 4.69. The minimum atomic E-state index is 0.877. The topological polar surface area (TPSA) is 26.0 Å². The van der Waals surface area contributed by atoms with Crippen molar-refractivity contribution in [3.63, 3.8) is 0 Å². The molecule has 130 valence electrons. The molecule has 25 heavy (non-hydrogen) atoms. The highest BCUT2D eigenvalue weighted by Gasteiger charge is 2.11. The fourth-order valence-corrected chi connectivity index (χ4v) is 4.11. The standard InChI is InChI=1S/C23H27NS/c1-15(10-22-11-17(3)23(24)12-16(22)2)14-25-18(4)20-9-8-19-6-5-7-21(19)13-20/h8-9,11-14H,4-7,10,24H2,1-3H3/b15-14+. The average molecular weight is 350 g/mol. The van der Waals surface area contributed by atoms with Gasteiger partial charge in [-0.15, -0.1) is 0 Å². The zero-order valence-corrected chi connectivity index (χ0v) is 16.3. The molecule has 0 fully saturated rings. The van der Waals surface area contributed by atoms with Gasteiger partial charge in [0.05, 0.1) is 0 Å². The molecule has 0 unspecified atom stereocenters. The Morgan fingerprint density at radius 2 is 1.88 bits per heavy atom. The lowest BCUT2D eigenvalue weighted by molar-refractivity contribution is 0.912. The Morgan fingerprint density at radius 3 is 2.68 bits per heavy atom. The molecule has 3 rings (SSSR count). The third-order valence-electron chi connectivity index (χ3n) is 5.02. The summed E-state index contributed by atoms with van der Waals surface area (Å²) in [5.41, 5.74) is 16.3. The van der Waals surface area contributed by atoms with E-state index < -0.39 is 0 Å². The molecule has 2 aromatic rings. The van der Waals surface area contributed by atoms with Gasteiger partial charge < -0.3 is 5.73 Å². The lowest BCUT2D eigenvalue weighted by atomic mass is 9.99. The van der Waals surface area contributed by atoms with Gasteiger partial charge in [0, 0.05) is 10.6 Å². The summed E-state index contributed by atoms with van der Waals surface area (Å²) in [6, 6.07) is 11.1. The molecule has 0 heterocycles. The quantitative estimate of drug-likeness (QED) is 0.648. The molecule has 0 bridgehead atoms. The number of allylic oxidation sites excluding steroid dienone is 1. The van der Waals surface area contributed by atoms with E-state index in [9.17, 15) is 0 Å². The van der Waals surface area contributed by atoms with E-state index >= 15 is 0 Å². The molecule has 0 spiro atoms. The molecule has 0 saturated carbocycles. The fourth-order valence-electron chi connectivity index (χ4n) is 3.42. The molecule has 0 radical (unpaired) electrons. The van der Waals surface area contributed by atoms with Gasteiger partial charge in [-0.3, -0.25) is 0 Å². The largest absolute Gasteiger partial charge is 0.399 e. The summed E-state index contributed by atoms with van der Waals surface area (Å²) < 4.78 is 0. The van der Waals surface area contributed by atoms with Crippen LogP contribution in [0.4, 0.5) is 5.69 Å². The molecular weight excluding hydrogens is 322 g/mol. The SMILES string of the molecule is C=C(S/C=C(\C)Cc1cc(C)c(N)cc1C)c1ccc2c(c1)CCC2. The van der Waals surface area contributed by atoms with Gasteiger partial charge in [-0.25, -0.2) is 0 Å². The minimum Gasteiger partial charge on any atom is -0.399 e. The van der Waals surface area contributed by atoms with E-state index in [0.29, 0.717) is 0 Å². The van der Waals surface area contributed by atoms with Crippen LogP contribution in [0.5, 0.6) is 0 Å². The van der Waals surface area contributed by atoms with Gasteiger partial charge in [0.1, 0.15) is 0 Å². The van der Waals surface area contributed by atoms with Crippen LogP contribution < -0.4 is 5.73 Å². The predicted molar refractivity (Wildman–Crippen MR) is 113 cm³/mol. The molecule has 1 nitrogen and oxygen atoms in total. The predicted octanol–water partition coefficient (Wildman–Crippen LogP) is 6.22. The van der Waals surface area contributed by atoms with Crippen molar-refractivity contribution in [3.05, 3.63) is 81.3 Å². The summed E-state index contributed by atoms with van der Waals surface area (Å²) in [4.78, 5) is 1.12. The monoisotopic (exact) mass is 349 g/mol. The Morgan fingerprint density at radius 1 is 1.12 bits per heavy atom. The van der Waals surface area contributed by atoms with Gasteiger partial charge in [-0.2, -0.15) is 0 Å². The van der Waals surface area contributed by atoms with E-state index in [0.717, 1.165) is 22.6 Å². The number of aryl methyl sites for hydroxylation is 4. The van der Waals surface area contributed by atoms with Crippen LogP contribution in [0, 0.1) is 13.8 Å². The number of nitrogens with two attached hydrogens (primary N) is 1. The second kappa shape index (κ2) is 7.53. The molecule has 0 aliphatic heterocycles. The number of thioether (sulfide) groups is 1. The number of fused-ring (bicyclic) bond motifs is 1. The smallest absolute Gasteiger partial charge is 0.0346 e. The van der Waals surface area contributed by atoms with Crippen molar-refractivity contribution >= 4 is 22.4 Å². The molecule has 2 heteroatoms. The number of nitrogen functional groups attached to an aromatic ring is 1. The van der Waals surface area contributed by atoms with Crippen molar-refractivity contribution < 1.29 is 0 Å². The van der Waals surface area contributed by atoms with Crippen molar-refractivity contribution in [3.8, 4) is 0 Å². The third kappa shape index (κ3) is 4.19. The zero-order valence-electron chi connectivity index (χ0n) is 15.5. The average Bonchev–Trinajstić information content (AvgIpc) is 3.05. The molecular formula is C23H27NS. The summed E-state index contributed by atoms with van der Waals surface area (Å²) >= 11 is 1.73. The highest BCUT2D eigenvalue weighted by molar-refractivity contribution is 8.10. The summed E-state index contributed by atoms with van der Waals surface area (Å²) in [5, 5.41) is 2.24. The maximum absolute atomic E-state index is 5.99. The lowest BCUT2D eigenvalue weighted by Crippen LogP contribution is -1.96. The maximum Gasteiger partial charge on any atom is 0.0346 e. The molecule has 2 N–H and O–H groups in total. The van der Waals surface area contributed by atoms with Crippen LogP contribution in [0.3, 0.4) is 0 Å². The first-order valence-electron chi connectivity index (χ1n) is 8.93. The van der Waals surface area contributed by atoms with Crippen LogP contribution in [0.15, 0.2) is 47.9 Å². The van der Waals surface area contributed by atoms with Crippen molar-refractivity contribution in [2.24, 2.45) is 0 Å². The first-order chi connectivity index (χ1) is 11.9. The van der Waals surface area contributed by atoms with Crippen LogP contribution in [-0.2, 0) is 19.3 Å². The van der Waals surface area contributed by atoms with Gasteiger partial charge in [0.2, 0.25) is 0 Å². The number of hydrogen-bond donors (Lipinski definition) is 1. The van der Waals surface area contributed by atoms with E-state index in [1.807, 2.05) is 0 Å². The van der Waals surface area contributed by atoms with Crippen molar-refractivity contribution in [1.82, 2.24) is 0 Å². The minimum absolute atomic E-state index is 0.877. The van der Waals surface area contributed by atoms with Crippen molar-refractivity contribution in [1.29, 1.82) is 0 Å². The molecule has 2 aromatic carbocycles. The number of benzene rings is 2. The van der Waals surface area contributed by atoms with Crippen molar-refractivity contribution in [2.75, 3.05) is 5.73 Å². The van der Waals surface area contributed by atoms with Crippen molar-refractivity contribution in [2.45, 2.75) is 46.5 Å². The van der Waals surface area contributed by atoms with Crippen LogP contribution in [0.25, 0.3) is 4.91 Å². The Bertz CT molecular complexity index is 845. The highest BCUT2D eigenvalue weighted by Crippen LogP contribution is 2.32. The van der Waals surface area contributed by atoms with Crippen LogP contribution in [0.1, 0.15) is 46.7 Å². The van der Waals surface area contributed by atoms with E-state index in [-0.39, 0.29) is 0 Å². The highest BCUT2D eigenvalue weighted by atomic mass is 32.2. The Balaban J connectivity index is 1.67. The van der Waals surface area contributed by atoms with E-state index in [1.54, 1.807) is 11.8 Å². The van der Waals surface area contributed by atoms with Gasteiger partial charge in [0.25, 0.3) is 0 Å². The molecule has 0 atom stereocenters. The van der Waals surface area contributed by atoms with Gasteiger partial charge >= 0.3 is 0 Å². The van der Waals surface area contributed by atoms with Crippen LogP contribution >= 0.6 is 11.8 Å². The van der Waals surface area contributed by atoms with Gasteiger partial charge in [0.15, 0.2) is 0 Å². The lowest BCUT2D eigenvalue weighted by Gasteiger charge is -2.11. The maximum atomic E-state index is 5.99. The summed E-state index contributed by atoms with van der Waals surface area (Å²) in [6.45, 7) is 10.7. The van der Waals surface area contributed by atoms with Crippen LogP contribution in [0.2, 0.25) is 0 Å². The molecule has 0 aromatic heterocycles. The molecule has 1 aliphatic rings. The van der Waals surface area contributed by atoms with Gasteiger partial charge in [-0.1, -0.05) is 48.2 Å². The Hall–Kier alpha value is -1.93. The second-order valence-corrected chi connectivity index (χ2v) is 8.12. The van der Waals surface area contributed by atoms with Crippen LogP contribution in [-0.4, -0.2) is 0 Å². The molecule has 1 aliphatic carbocycles. The van der Waals surface area contributed by atoms with E-state index in [1.165, 1.54) is 52.7 Å². The first-order valence-corrected chi connectivity index (χ1v) is 9.81. The normalized spacial score (nSPS) is 13.8. The number of rotatable bonds is 5.